The predicted octanol–water partition coefficient (Wildman–Crippen LogP) is 2.03. The third-order valence-electron chi connectivity index (χ3n) is 3.13. The fourth-order valence-electron chi connectivity index (χ4n) is 2.05. The summed E-state index contributed by atoms with van der Waals surface area (Å²) < 4.78 is 1.56. The Hall–Kier alpha value is -2.30. The van der Waals surface area contributed by atoms with Gasteiger partial charge in [-0.1, -0.05) is 6.07 Å². The van der Waals surface area contributed by atoms with Crippen molar-refractivity contribution in [2.45, 2.75) is 18.8 Å². The number of nitrogen functional groups attached to an aromatic ring is 1. The van der Waals surface area contributed by atoms with Crippen molar-refractivity contribution in [1.29, 1.82) is 0 Å². The Morgan fingerprint density at radius 1 is 1.39 bits per heavy atom. The molecule has 0 amide bonds. The lowest BCUT2D eigenvalue weighted by atomic mass is 10.1. The first-order valence-electron chi connectivity index (χ1n) is 5.84. The molecule has 1 saturated carbocycles. The van der Waals surface area contributed by atoms with Gasteiger partial charge in [0.1, 0.15) is 5.69 Å². The lowest BCUT2D eigenvalue weighted by Crippen LogP contribution is -2.09. The second kappa shape index (κ2) is 3.87. The van der Waals surface area contributed by atoms with Crippen LogP contribution in [0.4, 0.5) is 5.69 Å². The van der Waals surface area contributed by atoms with Gasteiger partial charge in [-0.3, -0.25) is 0 Å². The monoisotopic (exact) mass is 243 g/mol. The number of carbonyl (C=O) groups is 1. The van der Waals surface area contributed by atoms with Crippen LogP contribution < -0.4 is 5.73 Å². The van der Waals surface area contributed by atoms with Crippen molar-refractivity contribution in [3.63, 3.8) is 0 Å². The highest BCUT2D eigenvalue weighted by atomic mass is 16.4. The summed E-state index contributed by atoms with van der Waals surface area (Å²) in [6, 6.07) is 6.77. The molecule has 1 fully saturated rings. The van der Waals surface area contributed by atoms with E-state index in [0.29, 0.717) is 17.3 Å². The maximum Gasteiger partial charge on any atom is 0.337 e. The SMILES string of the molecule is Nc1cccc(C(=O)O)c1-n1ccc(C2CC2)n1. The molecule has 1 aliphatic rings. The quantitative estimate of drug-likeness (QED) is 0.808. The molecule has 18 heavy (non-hydrogen) atoms. The van der Waals surface area contributed by atoms with E-state index in [2.05, 4.69) is 5.10 Å². The first-order chi connectivity index (χ1) is 8.66. The van der Waals surface area contributed by atoms with Crippen molar-refractivity contribution in [3.05, 3.63) is 41.7 Å². The molecule has 0 bridgehead atoms. The molecule has 1 aromatic carbocycles. The molecule has 5 nitrogen and oxygen atoms in total. The third kappa shape index (κ3) is 1.73. The smallest absolute Gasteiger partial charge is 0.337 e. The van der Waals surface area contributed by atoms with Gasteiger partial charge in [-0.05, 0) is 31.0 Å². The van der Waals surface area contributed by atoms with Crippen molar-refractivity contribution < 1.29 is 9.90 Å². The van der Waals surface area contributed by atoms with E-state index in [9.17, 15) is 9.90 Å². The molecular weight excluding hydrogens is 230 g/mol. The van der Waals surface area contributed by atoms with Gasteiger partial charge in [0.15, 0.2) is 0 Å². The maximum absolute atomic E-state index is 11.2. The van der Waals surface area contributed by atoms with Crippen molar-refractivity contribution in [2.24, 2.45) is 0 Å². The Kier molecular flexibility index (Phi) is 2.33. The number of benzene rings is 1. The summed E-state index contributed by atoms with van der Waals surface area (Å²) in [5.74, 6) is -0.467. The highest BCUT2D eigenvalue weighted by molar-refractivity contribution is 5.94. The van der Waals surface area contributed by atoms with Gasteiger partial charge >= 0.3 is 5.97 Å². The molecule has 0 radical (unpaired) electrons. The normalized spacial score (nSPS) is 14.7. The third-order valence-corrected chi connectivity index (χ3v) is 3.13. The first kappa shape index (κ1) is 10.8. The van der Waals surface area contributed by atoms with Gasteiger partial charge in [-0.25, -0.2) is 9.48 Å². The number of carboxylic acids is 1. The minimum atomic E-state index is -0.999. The van der Waals surface area contributed by atoms with E-state index >= 15 is 0 Å². The number of aromatic nitrogens is 2. The van der Waals surface area contributed by atoms with E-state index in [1.807, 2.05) is 6.07 Å². The Morgan fingerprint density at radius 3 is 2.83 bits per heavy atom. The standard InChI is InChI=1S/C13H13N3O2/c14-10-3-1-2-9(13(17)18)12(10)16-7-6-11(15-16)8-4-5-8/h1-3,6-8H,4-5,14H2,(H,17,18). The number of aromatic carboxylic acids is 1. The minimum absolute atomic E-state index is 0.167. The fraction of sp³-hybridized carbons (Fsp3) is 0.231. The number of hydrogen-bond acceptors (Lipinski definition) is 3. The van der Waals surface area contributed by atoms with Gasteiger partial charge in [-0.2, -0.15) is 5.10 Å². The van der Waals surface area contributed by atoms with Gasteiger partial charge in [0.25, 0.3) is 0 Å². The van der Waals surface area contributed by atoms with Crippen LogP contribution in [0.5, 0.6) is 0 Å². The van der Waals surface area contributed by atoms with E-state index in [1.54, 1.807) is 23.0 Å². The summed E-state index contributed by atoms with van der Waals surface area (Å²) in [6.45, 7) is 0. The summed E-state index contributed by atoms with van der Waals surface area (Å²) in [5.41, 5.74) is 7.90. The molecule has 1 heterocycles. The van der Waals surface area contributed by atoms with Crippen LogP contribution in [0, 0.1) is 0 Å². The predicted molar refractivity (Wildman–Crippen MR) is 66.9 cm³/mol. The molecule has 0 atom stereocenters. The molecule has 0 aliphatic heterocycles. The minimum Gasteiger partial charge on any atom is -0.478 e. The molecule has 92 valence electrons. The first-order valence-corrected chi connectivity index (χ1v) is 5.84. The van der Waals surface area contributed by atoms with Crippen LogP contribution in [0.15, 0.2) is 30.5 Å². The number of hydrogen-bond donors (Lipinski definition) is 2. The topological polar surface area (TPSA) is 81.1 Å². The molecule has 5 heteroatoms. The lowest BCUT2D eigenvalue weighted by molar-refractivity contribution is 0.0697. The van der Waals surface area contributed by atoms with Crippen LogP contribution in [-0.4, -0.2) is 20.9 Å². The average Bonchev–Trinajstić information content (AvgIpc) is 3.08. The molecule has 3 rings (SSSR count). The maximum atomic E-state index is 11.2. The number of nitrogens with two attached hydrogens (primary N) is 1. The van der Waals surface area contributed by atoms with Crippen molar-refractivity contribution in [3.8, 4) is 5.69 Å². The summed E-state index contributed by atoms with van der Waals surface area (Å²) >= 11 is 0. The van der Waals surface area contributed by atoms with Gasteiger partial charge in [-0.15, -0.1) is 0 Å². The fourth-order valence-corrected chi connectivity index (χ4v) is 2.05. The second-order valence-corrected chi connectivity index (χ2v) is 4.51. The van der Waals surface area contributed by atoms with Gasteiger partial charge in [0.05, 0.1) is 16.9 Å². The van der Waals surface area contributed by atoms with Crippen molar-refractivity contribution >= 4 is 11.7 Å². The molecule has 2 aromatic rings. The zero-order chi connectivity index (χ0) is 12.7. The Bertz CT molecular complexity index is 614. The van der Waals surface area contributed by atoms with Crippen LogP contribution in [0.25, 0.3) is 5.69 Å². The molecule has 0 saturated heterocycles. The zero-order valence-electron chi connectivity index (χ0n) is 9.71. The van der Waals surface area contributed by atoms with E-state index in [4.69, 9.17) is 5.73 Å². The second-order valence-electron chi connectivity index (χ2n) is 4.51. The number of anilines is 1. The zero-order valence-corrected chi connectivity index (χ0v) is 9.71. The van der Waals surface area contributed by atoms with Crippen molar-refractivity contribution in [1.82, 2.24) is 9.78 Å². The molecule has 1 aromatic heterocycles. The average molecular weight is 243 g/mol. The van der Waals surface area contributed by atoms with Gasteiger partial charge in [0, 0.05) is 12.1 Å². The molecular formula is C13H13N3O2. The summed E-state index contributed by atoms with van der Waals surface area (Å²) in [5, 5.41) is 13.6. The highest BCUT2D eigenvalue weighted by Gasteiger charge is 2.26. The largest absolute Gasteiger partial charge is 0.478 e. The molecule has 0 unspecified atom stereocenters. The van der Waals surface area contributed by atoms with E-state index < -0.39 is 5.97 Å². The number of rotatable bonds is 3. The van der Waals surface area contributed by atoms with Crippen LogP contribution >= 0.6 is 0 Å². The van der Waals surface area contributed by atoms with Crippen LogP contribution in [0.3, 0.4) is 0 Å². The Labute approximate surface area is 104 Å². The van der Waals surface area contributed by atoms with E-state index in [0.717, 1.165) is 18.5 Å². The lowest BCUT2D eigenvalue weighted by Gasteiger charge is -2.09. The number of carboxylic acid groups (broad SMARTS) is 1. The summed E-state index contributed by atoms with van der Waals surface area (Å²) in [4.78, 5) is 11.2. The van der Waals surface area contributed by atoms with Crippen LogP contribution in [-0.2, 0) is 0 Å². The Balaban J connectivity index is 2.11. The molecule has 3 N–H and O–H groups in total. The summed E-state index contributed by atoms with van der Waals surface area (Å²) in [7, 11) is 0. The van der Waals surface area contributed by atoms with Gasteiger partial charge in [0.2, 0.25) is 0 Å². The molecule has 0 spiro atoms. The highest BCUT2D eigenvalue weighted by Crippen LogP contribution is 2.39. The van der Waals surface area contributed by atoms with Crippen molar-refractivity contribution in [2.75, 3.05) is 5.73 Å². The van der Waals surface area contributed by atoms with Crippen LogP contribution in [0.2, 0.25) is 0 Å². The molecule has 1 aliphatic carbocycles. The number of para-hydroxylation sites is 1. The Morgan fingerprint density at radius 2 is 2.17 bits per heavy atom. The van der Waals surface area contributed by atoms with Crippen LogP contribution in [0.1, 0.15) is 34.8 Å². The summed E-state index contributed by atoms with van der Waals surface area (Å²) in [6.07, 6.45) is 4.09. The van der Waals surface area contributed by atoms with Gasteiger partial charge < -0.3 is 10.8 Å². The van der Waals surface area contributed by atoms with E-state index in [1.165, 1.54) is 6.07 Å². The number of nitrogens with zero attached hydrogens (tertiary/aromatic N) is 2. The van der Waals surface area contributed by atoms with E-state index in [-0.39, 0.29) is 5.56 Å².